The van der Waals surface area contributed by atoms with Crippen molar-refractivity contribution >= 4 is 6.41 Å². The van der Waals surface area contributed by atoms with Crippen LogP contribution in [-0.2, 0) is 4.79 Å². The number of nitrogens with one attached hydrogen (secondary N) is 1. The Bertz CT molecular complexity index is 280. The lowest BCUT2D eigenvalue weighted by Crippen LogP contribution is -2.09. The molecule has 0 heterocycles. The van der Waals surface area contributed by atoms with Crippen molar-refractivity contribution < 1.29 is 4.79 Å². The standard InChI is InChI=1S/C11H15NO/c1-2-3-5-11-7-10(11)9(11)4-6-12-8-13/h3-5,8,10H,2,6-7H2,1H3,(H,12,13)/b5-3-,9-4+. The monoisotopic (exact) mass is 177 g/mol. The third kappa shape index (κ3) is 1.30. The molecule has 0 radical (unpaired) electrons. The predicted octanol–water partition coefficient (Wildman–Crippen LogP) is 1.64. The van der Waals surface area contributed by atoms with Gasteiger partial charge in [-0.05, 0) is 18.8 Å². The zero-order valence-electron chi connectivity index (χ0n) is 7.92. The molecule has 2 atom stereocenters. The number of carbonyl (C=O) groups is 1. The Morgan fingerprint density at radius 2 is 2.54 bits per heavy atom. The third-order valence-electron chi connectivity index (χ3n) is 3.01. The van der Waals surface area contributed by atoms with Crippen molar-refractivity contribution in [3.05, 3.63) is 23.8 Å². The van der Waals surface area contributed by atoms with Gasteiger partial charge in [0.05, 0.1) is 0 Å². The molecule has 2 heteroatoms. The highest BCUT2D eigenvalue weighted by atomic mass is 16.1. The molecule has 70 valence electrons. The minimum Gasteiger partial charge on any atom is -0.355 e. The summed E-state index contributed by atoms with van der Waals surface area (Å²) in [4.78, 5) is 10.00. The zero-order chi connectivity index (χ0) is 9.31. The predicted molar refractivity (Wildman–Crippen MR) is 52.1 cm³/mol. The molecular formula is C11H15NO. The van der Waals surface area contributed by atoms with E-state index in [1.54, 1.807) is 0 Å². The van der Waals surface area contributed by atoms with E-state index in [-0.39, 0.29) is 0 Å². The molecule has 2 unspecified atom stereocenters. The van der Waals surface area contributed by atoms with E-state index in [1.807, 2.05) is 0 Å². The molecule has 2 fully saturated rings. The van der Waals surface area contributed by atoms with Crippen molar-refractivity contribution in [2.45, 2.75) is 19.8 Å². The minimum absolute atomic E-state index is 0.459. The van der Waals surface area contributed by atoms with Crippen LogP contribution in [0.5, 0.6) is 0 Å². The fourth-order valence-corrected chi connectivity index (χ4v) is 2.02. The summed E-state index contributed by atoms with van der Waals surface area (Å²) in [7, 11) is 0. The van der Waals surface area contributed by atoms with E-state index < -0.39 is 0 Å². The number of hydrogen-bond acceptors (Lipinski definition) is 1. The topological polar surface area (TPSA) is 29.1 Å². The van der Waals surface area contributed by atoms with Crippen LogP contribution in [0, 0.1) is 11.3 Å². The molecule has 2 saturated carbocycles. The molecular weight excluding hydrogens is 162 g/mol. The van der Waals surface area contributed by atoms with Crippen molar-refractivity contribution in [2.75, 3.05) is 6.54 Å². The van der Waals surface area contributed by atoms with Gasteiger partial charge in [-0.3, -0.25) is 4.79 Å². The first-order valence-electron chi connectivity index (χ1n) is 4.90. The first kappa shape index (κ1) is 8.54. The molecule has 2 aliphatic carbocycles. The summed E-state index contributed by atoms with van der Waals surface area (Å²) in [5.41, 5.74) is 1.99. The second-order valence-corrected chi connectivity index (χ2v) is 3.79. The van der Waals surface area contributed by atoms with E-state index in [9.17, 15) is 4.79 Å². The molecule has 2 rings (SSSR count). The van der Waals surface area contributed by atoms with E-state index in [0.29, 0.717) is 12.0 Å². The van der Waals surface area contributed by atoms with Crippen LogP contribution in [0.3, 0.4) is 0 Å². The Balaban J connectivity index is 1.84. The normalized spacial score (nSPS) is 37.6. The molecule has 0 aliphatic heterocycles. The quantitative estimate of drug-likeness (QED) is 0.386. The van der Waals surface area contributed by atoms with E-state index >= 15 is 0 Å². The Morgan fingerprint density at radius 3 is 3.15 bits per heavy atom. The Hall–Kier alpha value is -1.05. The summed E-state index contributed by atoms with van der Waals surface area (Å²) in [6, 6.07) is 0. The Labute approximate surface area is 78.7 Å². The smallest absolute Gasteiger partial charge is 0.207 e. The molecule has 13 heavy (non-hydrogen) atoms. The van der Waals surface area contributed by atoms with Gasteiger partial charge < -0.3 is 5.32 Å². The molecule has 2 aliphatic rings. The van der Waals surface area contributed by atoms with Crippen LogP contribution >= 0.6 is 0 Å². The van der Waals surface area contributed by atoms with Crippen LogP contribution in [0.15, 0.2) is 23.8 Å². The van der Waals surface area contributed by atoms with Gasteiger partial charge in [-0.2, -0.15) is 0 Å². The average molecular weight is 177 g/mol. The summed E-state index contributed by atoms with van der Waals surface area (Å²) >= 11 is 0. The molecule has 2 nitrogen and oxygen atoms in total. The van der Waals surface area contributed by atoms with Gasteiger partial charge in [0, 0.05) is 12.0 Å². The number of hydrogen-bond donors (Lipinski definition) is 1. The minimum atomic E-state index is 0.459. The summed E-state index contributed by atoms with van der Waals surface area (Å²) in [5.74, 6) is 0.823. The Morgan fingerprint density at radius 1 is 1.69 bits per heavy atom. The molecule has 0 aromatic rings. The molecule has 0 aromatic carbocycles. The van der Waals surface area contributed by atoms with Gasteiger partial charge in [0.15, 0.2) is 0 Å². The molecule has 0 saturated heterocycles. The van der Waals surface area contributed by atoms with Crippen LogP contribution in [0.4, 0.5) is 0 Å². The van der Waals surface area contributed by atoms with Gasteiger partial charge in [0.2, 0.25) is 6.41 Å². The lowest BCUT2D eigenvalue weighted by molar-refractivity contribution is -0.109. The molecule has 0 aromatic heterocycles. The van der Waals surface area contributed by atoms with Crippen LogP contribution in [-0.4, -0.2) is 13.0 Å². The van der Waals surface area contributed by atoms with Crippen molar-refractivity contribution in [1.29, 1.82) is 0 Å². The van der Waals surface area contributed by atoms with E-state index in [0.717, 1.165) is 18.7 Å². The highest BCUT2D eigenvalue weighted by Gasteiger charge is 2.72. The van der Waals surface area contributed by atoms with Gasteiger partial charge in [-0.1, -0.05) is 30.7 Å². The maximum Gasteiger partial charge on any atom is 0.207 e. The number of fused-ring (bicyclic) bond motifs is 1. The summed E-state index contributed by atoms with van der Waals surface area (Å²) < 4.78 is 0. The van der Waals surface area contributed by atoms with Crippen molar-refractivity contribution in [1.82, 2.24) is 5.32 Å². The van der Waals surface area contributed by atoms with Crippen LogP contribution in [0.1, 0.15) is 19.8 Å². The second kappa shape index (κ2) is 3.02. The molecule has 1 amide bonds. The van der Waals surface area contributed by atoms with Crippen molar-refractivity contribution in [2.24, 2.45) is 11.3 Å². The second-order valence-electron chi connectivity index (χ2n) is 3.79. The van der Waals surface area contributed by atoms with E-state index in [4.69, 9.17) is 0 Å². The first-order chi connectivity index (χ1) is 6.35. The van der Waals surface area contributed by atoms with Crippen LogP contribution in [0.25, 0.3) is 0 Å². The van der Waals surface area contributed by atoms with Gasteiger partial charge in [-0.25, -0.2) is 0 Å². The first-order valence-corrected chi connectivity index (χ1v) is 4.90. The highest BCUT2D eigenvalue weighted by Crippen LogP contribution is 2.80. The third-order valence-corrected chi connectivity index (χ3v) is 3.01. The van der Waals surface area contributed by atoms with E-state index in [2.05, 4.69) is 30.5 Å². The highest BCUT2D eigenvalue weighted by molar-refractivity contribution is 5.56. The van der Waals surface area contributed by atoms with Crippen LogP contribution < -0.4 is 5.32 Å². The zero-order valence-corrected chi connectivity index (χ0v) is 7.92. The molecule has 0 bridgehead atoms. The number of amides is 1. The number of allylic oxidation sites excluding steroid dienone is 3. The van der Waals surface area contributed by atoms with Crippen LogP contribution in [0.2, 0.25) is 0 Å². The lowest BCUT2D eigenvalue weighted by Gasteiger charge is -1.97. The Kier molecular flexibility index (Phi) is 1.98. The average Bonchev–Trinajstić information content (AvgIpc) is 2.97. The SMILES string of the molecule is CC/C=C\C12CC1/C2=C\CNC=O. The summed E-state index contributed by atoms with van der Waals surface area (Å²) in [6.07, 6.45) is 9.94. The van der Waals surface area contributed by atoms with E-state index in [1.165, 1.54) is 12.0 Å². The fourth-order valence-electron chi connectivity index (χ4n) is 2.02. The molecule has 1 N–H and O–H groups in total. The van der Waals surface area contributed by atoms with Gasteiger partial charge in [0.25, 0.3) is 0 Å². The molecule has 0 spiro atoms. The fraction of sp³-hybridized carbons (Fsp3) is 0.545. The number of carbonyl (C=O) groups excluding carboxylic acids is 1. The maximum absolute atomic E-state index is 10.00. The van der Waals surface area contributed by atoms with Gasteiger partial charge in [0.1, 0.15) is 0 Å². The maximum atomic E-state index is 10.00. The van der Waals surface area contributed by atoms with Gasteiger partial charge >= 0.3 is 0 Å². The van der Waals surface area contributed by atoms with Gasteiger partial charge in [-0.15, -0.1) is 0 Å². The lowest BCUT2D eigenvalue weighted by atomic mass is 10.1. The largest absolute Gasteiger partial charge is 0.355 e. The van der Waals surface area contributed by atoms with Crippen molar-refractivity contribution in [3.8, 4) is 0 Å². The van der Waals surface area contributed by atoms with Crippen molar-refractivity contribution in [3.63, 3.8) is 0 Å². The summed E-state index contributed by atoms with van der Waals surface area (Å²) in [5, 5.41) is 2.65. The summed E-state index contributed by atoms with van der Waals surface area (Å²) in [6.45, 7) is 2.85. The number of rotatable bonds is 5.